The van der Waals surface area contributed by atoms with Crippen LogP contribution in [0.3, 0.4) is 0 Å². The fraction of sp³-hybridized carbons (Fsp3) is 0.487. The maximum absolute atomic E-state index is 14.1. The number of aromatic nitrogens is 2. The van der Waals surface area contributed by atoms with Crippen LogP contribution >= 0.6 is 0 Å². The zero-order valence-corrected chi connectivity index (χ0v) is 28.0. The molecule has 45 heavy (non-hydrogen) atoms. The normalized spacial score (nSPS) is 18.9. The van der Waals surface area contributed by atoms with Crippen molar-refractivity contribution in [2.75, 3.05) is 26.7 Å². The second kappa shape index (κ2) is 13.1. The molecule has 1 saturated carbocycles. The predicted molar refractivity (Wildman–Crippen MR) is 184 cm³/mol. The van der Waals surface area contributed by atoms with E-state index < -0.39 is 5.41 Å². The van der Waals surface area contributed by atoms with Crippen molar-refractivity contribution >= 4 is 16.8 Å². The molecular weight excluding hydrogens is 556 g/mol. The molecule has 2 saturated heterocycles. The Balaban J connectivity index is 1.29. The smallest absolute Gasteiger partial charge is 0.232 e. The molecule has 0 radical (unpaired) electrons. The first kappa shape index (κ1) is 31.5. The Morgan fingerprint density at radius 2 is 1.82 bits per heavy atom. The number of nitrogens with one attached hydrogen (secondary N) is 2. The molecule has 4 heterocycles. The van der Waals surface area contributed by atoms with E-state index in [1.165, 1.54) is 51.7 Å². The first-order chi connectivity index (χ1) is 21.6. The summed E-state index contributed by atoms with van der Waals surface area (Å²) in [7, 11) is 1.70. The highest BCUT2D eigenvalue weighted by Crippen LogP contribution is 2.41. The van der Waals surface area contributed by atoms with E-state index >= 15 is 0 Å². The number of rotatable bonds is 11. The van der Waals surface area contributed by atoms with Crippen molar-refractivity contribution in [3.8, 4) is 11.3 Å². The number of methoxy groups -OCH3 is 1. The van der Waals surface area contributed by atoms with E-state index in [9.17, 15) is 4.79 Å². The lowest BCUT2D eigenvalue weighted by Crippen LogP contribution is -2.55. The number of ether oxygens (including phenoxy) is 1. The molecule has 2 aliphatic heterocycles. The quantitative estimate of drug-likeness (QED) is 0.173. The molecule has 1 atom stereocenters. The highest BCUT2D eigenvalue weighted by atomic mass is 16.5. The summed E-state index contributed by atoms with van der Waals surface area (Å²) in [5.41, 5.74) is 10.1. The second-order valence-corrected chi connectivity index (χ2v) is 14.3. The summed E-state index contributed by atoms with van der Waals surface area (Å²) < 4.78 is 5.26. The van der Waals surface area contributed by atoms with Gasteiger partial charge in [0.05, 0.1) is 23.4 Å². The Morgan fingerprint density at radius 1 is 1.07 bits per heavy atom. The second-order valence-electron chi connectivity index (χ2n) is 14.3. The Labute approximate surface area is 269 Å². The molecule has 1 aliphatic carbocycles. The Morgan fingerprint density at radius 3 is 2.51 bits per heavy atom. The van der Waals surface area contributed by atoms with Gasteiger partial charge in [-0.3, -0.25) is 9.78 Å². The van der Waals surface area contributed by atoms with E-state index in [4.69, 9.17) is 4.74 Å². The molecule has 2 aromatic heterocycles. The molecule has 238 valence electrons. The van der Waals surface area contributed by atoms with Gasteiger partial charge in [-0.1, -0.05) is 30.2 Å². The summed E-state index contributed by atoms with van der Waals surface area (Å²) in [6, 6.07) is 18.1. The highest BCUT2D eigenvalue weighted by Gasteiger charge is 2.42. The van der Waals surface area contributed by atoms with Gasteiger partial charge in [0.25, 0.3) is 0 Å². The van der Waals surface area contributed by atoms with E-state index in [-0.39, 0.29) is 11.8 Å². The molecule has 6 heteroatoms. The number of fused-ring (bicyclic) bond motifs is 4. The van der Waals surface area contributed by atoms with Crippen LogP contribution in [0.15, 0.2) is 54.7 Å². The number of amides is 1. The Kier molecular flexibility index (Phi) is 9.17. The van der Waals surface area contributed by atoms with E-state index in [0.29, 0.717) is 18.6 Å². The number of carbonyl (C=O) groups is 1. The van der Waals surface area contributed by atoms with Gasteiger partial charge in [0.1, 0.15) is 0 Å². The number of hydrogen-bond acceptors (Lipinski definition) is 4. The fourth-order valence-electron chi connectivity index (χ4n) is 7.82. The van der Waals surface area contributed by atoms with Gasteiger partial charge in [-0.2, -0.15) is 0 Å². The van der Waals surface area contributed by atoms with Crippen LogP contribution in [-0.2, 0) is 28.0 Å². The maximum Gasteiger partial charge on any atom is 0.232 e. The van der Waals surface area contributed by atoms with Crippen LogP contribution in [0.5, 0.6) is 0 Å². The summed E-state index contributed by atoms with van der Waals surface area (Å²) in [5, 5.41) is 4.95. The van der Waals surface area contributed by atoms with Gasteiger partial charge < -0.3 is 19.9 Å². The SMILES string of the molecule is COCc1cc(CCNC[C@@H](C)c2c(-c3cc(C)cc(C)c3)[nH]c3ccc(C(C)(C)C(=O)N4CC5CCC4CC5)cc23)ccn1. The maximum atomic E-state index is 14.1. The summed E-state index contributed by atoms with van der Waals surface area (Å²) in [4.78, 5) is 24.5. The molecule has 1 amide bonds. The van der Waals surface area contributed by atoms with Crippen LogP contribution in [-0.4, -0.2) is 53.6 Å². The number of aromatic amines is 1. The van der Waals surface area contributed by atoms with Crippen LogP contribution in [0, 0.1) is 19.8 Å². The molecule has 6 nitrogen and oxygen atoms in total. The van der Waals surface area contributed by atoms with Gasteiger partial charge in [-0.25, -0.2) is 0 Å². The Hall–Kier alpha value is -3.48. The minimum atomic E-state index is -0.589. The summed E-state index contributed by atoms with van der Waals surface area (Å²) in [6.45, 7) is 14.1. The van der Waals surface area contributed by atoms with E-state index in [1.54, 1.807) is 7.11 Å². The van der Waals surface area contributed by atoms with Crippen LogP contribution in [0.2, 0.25) is 0 Å². The number of nitrogens with zero attached hydrogens (tertiary/aromatic N) is 2. The third-order valence-corrected chi connectivity index (χ3v) is 10.3. The zero-order valence-electron chi connectivity index (χ0n) is 28.0. The minimum absolute atomic E-state index is 0.253. The van der Waals surface area contributed by atoms with Gasteiger partial charge in [0, 0.05) is 43.3 Å². The number of carbonyl (C=O) groups excluding carboxylic acids is 1. The van der Waals surface area contributed by atoms with Gasteiger partial charge in [0.15, 0.2) is 0 Å². The van der Waals surface area contributed by atoms with Crippen LogP contribution in [0.1, 0.15) is 85.9 Å². The van der Waals surface area contributed by atoms with Crippen LogP contribution in [0.25, 0.3) is 22.2 Å². The first-order valence-electron chi connectivity index (χ1n) is 16.8. The summed E-state index contributed by atoms with van der Waals surface area (Å²) >= 11 is 0. The van der Waals surface area contributed by atoms with Gasteiger partial charge in [0.2, 0.25) is 5.91 Å². The summed E-state index contributed by atoms with van der Waals surface area (Å²) in [5.74, 6) is 1.21. The van der Waals surface area contributed by atoms with Crippen molar-refractivity contribution in [2.45, 2.75) is 90.7 Å². The summed E-state index contributed by atoms with van der Waals surface area (Å²) in [6.07, 6.45) is 7.67. The average molecular weight is 607 g/mol. The number of hydrogen-bond donors (Lipinski definition) is 2. The van der Waals surface area contributed by atoms with Crippen molar-refractivity contribution in [3.63, 3.8) is 0 Å². The fourth-order valence-corrected chi connectivity index (χ4v) is 7.82. The minimum Gasteiger partial charge on any atom is -0.378 e. The van der Waals surface area contributed by atoms with Crippen molar-refractivity contribution in [3.05, 3.63) is 88.2 Å². The van der Waals surface area contributed by atoms with Crippen molar-refractivity contribution in [2.24, 2.45) is 5.92 Å². The number of aryl methyl sites for hydroxylation is 2. The first-order valence-corrected chi connectivity index (χ1v) is 16.8. The molecule has 2 aromatic carbocycles. The topological polar surface area (TPSA) is 70.2 Å². The van der Waals surface area contributed by atoms with Crippen molar-refractivity contribution < 1.29 is 9.53 Å². The lowest BCUT2D eigenvalue weighted by atomic mass is 9.76. The monoisotopic (exact) mass is 606 g/mol. The predicted octanol–water partition coefficient (Wildman–Crippen LogP) is 7.61. The molecule has 2 bridgehead atoms. The largest absolute Gasteiger partial charge is 0.378 e. The van der Waals surface area contributed by atoms with E-state index in [0.717, 1.165) is 55.7 Å². The van der Waals surface area contributed by atoms with Crippen molar-refractivity contribution in [1.82, 2.24) is 20.2 Å². The number of H-pyrrole nitrogens is 1. The van der Waals surface area contributed by atoms with Gasteiger partial charge in [-0.05, 0) is 137 Å². The van der Waals surface area contributed by atoms with Gasteiger partial charge in [-0.15, -0.1) is 0 Å². The highest BCUT2D eigenvalue weighted by molar-refractivity contribution is 5.94. The molecule has 4 aromatic rings. The molecular formula is C39H50N4O2. The molecule has 0 spiro atoms. The molecule has 3 aliphatic rings. The van der Waals surface area contributed by atoms with Gasteiger partial charge >= 0.3 is 0 Å². The Bertz CT molecular complexity index is 1640. The lowest BCUT2D eigenvalue weighted by Gasteiger charge is -2.47. The number of pyridine rings is 1. The van der Waals surface area contributed by atoms with E-state index in [1.807, 2.05) is 6.20 Å². The number of benzene rings is 2. The van der Waals surface area contributed by atoms with Crippen LogP contribution < -0.4 is 5.32 Å². The molecule has 0 unspecified atom stereocenters. The molecule has 3 fully saturated rings. The third kappa shape index (κ3) is 6.59. The lowest BCUT2D eigenvalue weighted by molar-refractivity contribution is -0.144. The standard InChI is InChI=1S/C39H50N4O2/c1-25-17-26(2)19-30(18-25)37-36(27(3)22-40-15-13-28-14-16-41-32(20-28)24-45-6)34-21-31(9-12-35(34)42-37)39(4,5)38(44)43-23-29-7-10-33(43)11-8-29/h9,12,14,16-21,27,29,33,40,42H,7-8,10-11,13,15,22-24H2,1-6H3/t27-,29?,33?/m1/s1. The van der Waals surface area contributed by atoms with Crippen LogP contribution in [0.4, 0.5) is 0 Å². The third-order valence-electron chi connectivity index (χ3n) is 10.3. The van der Waals surface area contributed by atoms with E-state index in [2.05, 4.69) is 103 Å². The average Bonchev–Trinajstić information content (AvgIpc) is 3.42. The molecule has 7 rings (SSSR count). The van der Waals surface area contributed by atoms with Crippen molar-refractivity contribution in [1.29, 1.82) is 0 Å². The number of piperidine rings is 2. The molecule has 2 N–H and O–H groups in total. The zero-order chi connectivity index (χ0) is 31.7.